The Kier molecular flexibility index (Phi) is 3.85. The van der Waals surface area contributed by atoms with Crippen LogP contribution in [0.25, 0.3) is 0 Å². The second kappa shape index (κ2) is 5.75. The molecule has 0 spiro atoms. The van der Waals surface area contributed by atoms with Gasteiger partial charge in [0, 0.05) is 31.2 Å². The lowest BCUT2D eigenvalue weighted by atomic mass is 10.1. The Morgan fingerprint density at radius 2 is 1.95 bits per heavy atom. The van der Waals surface area contributed by atoms with E-state index >= 15 is 0 Å². The van der Waals surface area contributed by atoms with E-state index in [1.165, 1.54) is 5.56 Å². The van der Waals surface area contributed by atoms with E-state index in [1.807, 2.05) is 24.4 Å². The fraction of sp³-hybridized carbons (Fsp3) is 0.200. The predicted molar refractivity (Wildman–Crippen MR) is 73.3 cm³/mol. The molecule has 0 saturated carbocycles. The Labute approximate surface area is 112 Å². The summed E-state index contributed by atoms with van der Waals surface area (Å²) in [7, 11) is 0. The first-order chi connectivity index (χ1) is 9.26. The molecule has 2 rings (SSSR count). The van der Waals surface area contributed by atoms with Crippen molar-refractivity contribution in [2.45, 2.75) is 20.0 Å². The number of anilines is 1. The van der Waals surface area contributed by atoms with Crippen molar-refractivity contribution < 1.29 is 0 Å². The highest BCUT2D eigenvalue weighted by atomic mass is 14.9. The maximum Gasteiger partial charge on any atom is 0.101 e. The van der Waals surface area contributed by atoms with Gasteiger partial charge in [-0.15, -0.1) is 0 Å². The molecule has 2 aromatic rings. The number of nitrogens with zero attached hydrogens (tertiary/aromatic N) is 3. The molecule has 0 saturated heterocycles. The van der Waals surface area contributed by atoms with Crippen LogP contribution >= 0.6 is 0 Å². The van der Waals surface area contributed by atoms with E-state index in [2.05, 4.69) is 29.1 Å². The zero-order valence-electron chi connectivity index (χ0n) is 10.7. The quantitative estimate of drug-likeness (QED) is 0.907. The van der Waals surface area contributed by atoms with Crippen LogP contribution in [0.2, 0.25) is 0 Å². The lowest BCUT2D eigenvalue weighted by Crippen LogP contribution is -1.99. The fourth-order valence-electron chi connectivity index (χ4n) is 1.84. The third kappa shape index (κ3) is 2.94. The van der Waals surface area contributed by atoms with Crippen molar-refractivity contribution in [3.8, 4) is 12.1 Å². The molecule has 0 radical (unpaired) electrons. The third-order valence-corrected chi connectivity index (χ3v) is 2.93. The summed E-state index contributed by atoms with van der Waals surface area (Å²) in [5.41, 5.74) is 2.84. The van der Waals surface area contributed by atoms with Crippen LogP contribution in [0.4, 0.5) is 5.69 Å². The van der Waals surface area contributed by atoms with E-state index in [0.29, 0.717) is 17.7 Å². The normalized spacial score (nSPS) is 9.63. The van der Waals surface area contributed by atoms with Crippen LogP contribution in [0.3, 0.4) is 0 Å². The summed E-state index contributed by atoms with van der Waals surface area (Å²) in [6.07, 6.45) is 4.12. The first kappa shape index (κ1) is 12.7. The van der Waals surface area contributed by atoms with Gasteiger partial charge < -0.3 is 9.88 Å². The Balaban J connectivity index is 2.08. The molecule has 0 unspecified atom stereocenters. The van der Waals surface area contributed by atoms with Gasteiger partial charge in [-0.2, -0.15) is 10.5 Å². The molecule has 94 valence electrons. The van der Waals surface area contributed by atoms with Crippen LogP contribution in [-0.2, 0) is 13.1 Å². The van der Waals surface area contributed by atoms with Crippen LogP contribution < -0.4 is 5.32 Å². The highest BCUT2D eigenvalue weighted by Gasteiger charge is 2.03. The lowest BCUT2D eigenvalue weighted by Gasteiger charge is -2.06. The van der Waals surface area contributed by atoms with Crippen molar-refractivity contribution >= 4 is 5.69 Å². The lowest BCUT2D eigenvalue weighted by molar-refractivity contribution is 0.766. The van der Waals surface area contributed by atoms with Crippen molar-refractivity contribution in [2.75, 3.05) is 5.32 Å². The van der Waals surface area contributed by atoms with Gasteiger partial charge in [-0.1, -0.05) is 0 Å². The molecule has 0 aliphatic rings. The van der Waals surface area contributed by atoms with Gasteiger partial charge >= 0.3 is 0 Å². The number of nitriles is 2. The number of hydrogen-bond acceptors (Lipinski definition) is 3. The second-order valence-electron chi connectivity index (χ2n) is 4.19. The van der Waals surface area contributed by atoms with E-state index in [4.69, 9.17) is 10.5 Å². The summed E-state index contributed by atoms with van der Waals surface area (Å²) in [4.78, 5) is 0. The first-order valence-corrected chi connectivity index (χ1v) is 6.09. The average molecular weight is 250 g/mol. The molecule has 0 bridgehead atoms. The molecule has 1 heterocycles. The van der Waals surface area contributed by atoms with Gasteiger partial charge in [-0.05, 0) is 36.8 Å². The average Bonchev–Trinajstić information content (AvgIpc) is 2.92. The molecule has 0 amide bonds. The summed E-state index contributed by atoms with van der Waals surface area (Å²) in [6, 6.07) is 11.3. The maximum absolute atomic E-state index is 8.96. The first-order valence-electron chi connectivity index (χ1n) is 6.09. The molecule has 1 aromatic heterocycles. The van der Waals surface area contributed by atoms with Gasteiger partial charge in [-0.3, -0.25) is 0 Å². The molecular weight excluding hydrogens is 236 g/mol. The molecule has 0 atom stereocenters. The molecule has 19 heavy (non-hydrogen) atoms. The highest BCUT2D eigenvalue weighted by molar-refractivity contribution is 5.56. The predicted octanol–water partition coefficient (Wildman–Crippen LogP) is 2.86. The minimum absolute atomic E-state index is 0.402. The van der Waals surface area contributed by atoms with Crippen LogP contribution in [-0.4, -0.2) is 4.57 Å². The van der Waals surface area contributed by atoms with Crippen LogP contribution in [0, 0.1) is 22.7 Å². The monoisotopic (exact) mass is 250 g/mol. The fourth-order valence-corrected chi connectivity index (χ4v) is 1.84. The van der Waals surface area contributed by atoms with E-state index in [-0.39, 0.29) is 0 Å². The van der Waals surface area contributed by atoms with Gasteiger partial charge in [0.15, 0.2) is 0 Å². The van der Waals surface area contributed by atoms with Crippen molar-refractivity contribution in [1.29, 1.82) is 10.5 Å². The topological polar surface area (TPSA) is 64.5 Å². The molecule has 1 N–H and O–H groups in total. The molecule has 1 aromatic carbocycles. The molecule has 0 fully saturated rings. The Morgan fingerprint density at radius 3 is 2.58 bits per heavy atom. The molecular formula is C15H14N4. The number of hydrogen-bond donors (Lipinski definition) is 1. The van der Waals surface area contributed by atoms with E-state index < -0.39 is 0 Å². The van der Waals surface area contributed by atoms with Crippen LogP contribution in [0.5, 0.6) is 0 Å². The van der Waals surface area contributed by atoms with Crippen molar-refractivity contribution in [1.82, 2.24) is 4.57 Å². The van der Waals surface area contributed by atoms with Crippen LogP contribution in [0.1, 0.15) is 23.6 Å². The standard InChI is InChI=1S/C15H14N4/c1-2-19-6-5-12(11-19)10-18-15-4-3-13(8-16)14(7-15)9-17/h3-7,11,18H,2,10H2,1H3. The molecule has 4 heteroatoms. The minimum Gasteiger partial charge on any atom is -0.381 e. The number of nitrogens with one attached hydrogen (secondary N) is 1. The number of aromatic nitrogens is 1. The van der Waals surface area contributed by atoms with E-state index in [9.17, 15) is 0 Å². The van der Waals surface area contributed by atoms with Crippen molar-refractivity contribution in [3.63, 3.8) is 0 Å². The maximum atomic E-state index is 8.96. The number of benzene rings is 1. The van der Waals surface area contributed by atoms with Crippen molar-refractivity contribution in [3.05, 3.63) is 53.3 Å². The SMILES string of the molecule is CCn1ccc(CNc2ccc(C#N)c(C#N)c2)c1. The zero-order chi connectivity index (χ0) is 13.7. The van der Waals surface area contributed by atoms with Crippen molar-refractivity contribution in [2.24, 2.45) is 0 Å². The van der Waals surface area contributed by atoms with E-state index in [0.717, 1.165) is 12.2 Å². The number of aryl methyl sites for hydroxylation is 1. The summed E-state index contributed by atoms with van der Waals surface area (Å²) in [5, 5.41) is 21.1. The van der Waals surface area contributed by atoms with Gasteiger partial charge in [0.25, 0.3) is 0 Å². The zero-order valence-corrected chi connectivity index (χ0v) is 10.7. The number of rotatable bonds is 4. The molecule has 0 aliphatic carbocycles. The van der Waals surface area contributed by atoms with Gasteiger partial charge in [0.05, 0.1) is 11.1 Å². The summed E-state index contributed by atoms with van der Waals surface area (Å²) in [5.74, 6) is 0. The summed E-state index contributed by atoms with van der Waals surface area (Å²) < 4.78 is 2.11. The Hall–Kier alpha value is -2.72. The summed E-state index contributed by atoms with van der Waals surface area (Å²) >= 11 is 0. The Bertz CT molecular complexity index is 656. The van der Waals surface area contributed by atoms with Gasteiger partial charge in [0.1, 0.15) is 12.1 Å². The van der Waals surface area contributed by atoms with E-state index in [1.54, 1.807) is 12.1 Å². The second-order valence-corrected chi connectivity index (χ2v) is 4.19. The molecule has 0 aliphatic heterocycles. The van der Waals surface area contributed by atoms with Gasteiger partial charge in [0.2, 0.25) is 0 Å². The highest BCUT2D eigenvalue weighted by Crippen LogP contribution is 2.15. The van der Waals surface area contributed by atoms with Gasteiger partial charge in [-0.25, -0.2) is 0 Å². The smallest absolute Gasteiger partial charge is 0.101 e. The third-order valence-electron chi connectivity index (χ3n) is 2.93. The Morgan fingerprint density at radius 1 is 1.16 bits per heavy atom. The summed E-state index contributed by atoms with van der Waals surface area (Å²) in [6.45, 7) is 3.75. The largest absolute Gasteiger partial charge is 0.381 e. The van der Waals surface area contributed by atoms with Crippen LogP contribution in [0.15, 0.2) is 36.7 Å². The minimum atomic E-state index is 0.402. The molecule has 4 nitrogen and oxygen atoms in total.